The van der Waals surface area contributed by atoms with E-state index in [9.17, 15) is 14.3 Å². The third kappa shape index (κ3) is 4.91. The minimum absolute atomic E-state index is 0.176. The number of nitrogens with one attached hydrogen (secondary N) is 1. The van der Waals surface area contributed by atoms with E-state index in [0.717, 1.165) is 12.2 Å². The highest BCUT2D eigenvalue weighted by molar-refractivity contribution is 5.77. The van der Waals surface area contributed by atoms with Crippen LogP contribution in [0.2, 0.25) is 0 Å². The number of amides is 1. The highest BCUT2D eigenvalue weighted by Crippen LogP contribution is 2.20. The van der Waals surface area contributed by atoms with Gasteiger partial charge in [-0.05, 0) is 29.8 Å². The molecule has 1 aromatic heterocycles. The lowest BCUT2D eigenvalue weighted by atomic mass is 10.1. The summed E-state index contributed by atoms with van der Waals surface area (Å²) in [7, 11) is 1.53. The third-order valence-electron chi connectivity index (χ3n) is 3.66. The van der Waals surface area contributed by atoms with Crippen molar-refractivity contribution in [2.75, 3.05) is 13.7 Å². The van der Waals surface area contributed by atoms with E-state index in [1.54, 1.807) is 12.1 Å². The molecule has 2 rings (SSSR count). The van der Waals surface area contributed by atoms with Crippen LogP contribution in [0.5, 0.6) is 0 Å². The summed E-state index contributed by atoms with van der Waals surface area (Å²) in [6.45, 7) is 2.22. The molecule has 0 saturated carbocycles. The monoisotopic (exact) mass is 335 g/mol. The molecule has 2 unspecified atom stereocenters. The zero-order chi connectivity index (χ0) is 17.5. The van der Waals surface area contributed by atoms with Crippen LogP contribution in [0.3, 0.4) is 0 Å². The van der Waals surface area contributed by atoms with Gasteiger partial charge < -0.3 is 19.6 Å². The first-order valence-electron chi connectivity index (χ1n) is 7.84. The molecule has 0 bridgehead atoms. The van der Waals surface area contributed by atoms with Gasteiger partial charge >= 0.3 is 0 Å². The van der Waals surface area contributed by atoms with Crippen LogP contribution in [-0.2, 0) is 16.0 Å². The molecule has 1 heterocycles. The van der Waals surface area contributed by atoms with Crippen LogP contribution in [0, 0.1) is 5.82 Å². The molecule has 0 spiro atoms. The topological polar surface area (TPSA) is 71.7 Å². The number of ether oxygens (including phenoxy) is 1. The van der Waals surface area contributed by atoms with Crippen LogP contribution in [0.1, 0.15) is 42.6 Å². The summed E-state index contributed by atoms with van der Waals surface area (Å²) in [5, 5.41) is 12.9. The van der Waals surface area contributed by atoms with Crippen molar-refractivity contribution < 1.29 is 23.4 Å². The average molecular weight is 335 g/mol. The zero-order valence-electron chi connectivity index (χ0n) is 13.8. The molecule has 6 heteroatoms. The van der Waals surface area contributed by atoms with Gasteiger partial charge in [-0.3, -0.25) is 4.79 Å². The van der Waals surface area contributed by atoms with Gasteiger partial charge in [0, 0.05) is 13.5 Å². The number of carbonyl (C=O) groups excluding carboxylic acids is 1. The van der Waals surface area contributed by atoms with Gasteiger partial charge in [-0.2, -0.15) is 0 Å². The quantitative estimate of drug-likeness (QED) is 0.778. The van der Waals surface area contributed by atoms with Crippen LogP contribution in [0.15, 0.2) is 40.8 Å². The first kappa shape index (κ1) is 18.2. The molecule has 24 heavy (non-hydrogen) atoms. The molecular formula is C18H22FNO4. The Bertz CT molecular complexity index is 671. The Labute approximate surface area is 140 Å². The van der Waals surface area contributed by atoms with E-state index in [-0.39, 0.29) is 18.9 Å². The van der Waals surface area contributed by atoms with Crippen molar-refractivity contribution in [2.24, 2.45) is 0 Å². The van der Waals surface area contributed by atoms with Crippen molar-refractivity contribution in [2.45, 2.75) is 31.9 Å². The summed E-state index contributed by atoms with van der Waals surface area (Å²) in [5.41, 5.74) is 0.361. The van der Waals surface area contributed by atoms with Crippen molar-refractivity contribution in [3.05, 3.63) is 59.3 Å². The lowest BCUT2D eigenvalue weighted by Gasteiger charge is -2.17. The molecule has 0 aliphatic rings. The molecule has 1 amide bonds. The second-order valence-corrected chi connectivity index (χ2v) is 5.51. The number of aliphatic hydroxyl groups is 1. The highest BCUT2D eigenvalue weighted by atomic mass is 19.1. The molecule has 2 aromatic rings. The first-order valence-corrected chi connectivity index (χ1v) is 7.84. The van der Waals surface area contributed by atoms with Crippen LogP contribution in [0.4, 0.5) is 4.39 Å². The van der Waals surface area contributed by atoms with Gasteiger partial charge in [-0.1, -0.05) is 19.1 Å². The van der Waals surface area contributed by atoms with Gasteiger partial charge in [0.15, 0.2) is 0 Å². The van der Waals surface area contributed by atoms with Gasteiger partial charge in [-0.15, -0.1) is 0 Å². The first-order chi connectivity index (χ1) is 11.5. The number of rotatable bonds is 8. The fourth-order valence-electron chi connectivity index (χ4n) is 2.39. The molecule has 130 valence electrons. The number of methoxy groups -OCH3 is 1. The van der Waals surface area contributed by atoms with Crippen LogP contribution >= 0.6 is 0 Å². The Hall–Kier alpha value is -2.18. The average Bonchev–Trinajstić information content (AvgIpc) is 3.03. The Balaban J connectivity index is 1.99. The minimum Gasteiger partial charge on any atom is -0.464 e. The van der Waals surface area contributed by atoms with Crippen molar-refractivity contribution in [3.63, 3.8) is 0 Å². The van der Waals surface area contributed by atoms with E-state index in [2.05, 4.69) is 5.32 Å². The van der Waals surface area contributed by atoms with E-state index < -0.39 is 18.0 Å². The largest absolute Gasteiger partial charge is 0.464 e. The number of carbonyl (C=O) groups is 1. The second kappa shape index (κ2) is 8.61. The SMILES string of the molecule is CCc1ccc(C(COC)NC(=O)CC(O)c2cccc(F)c2)o1. The molecule has 0 aliphatic heterocycles. The van der Waals surface area contributed by atoms with Crippen molar-refractivity contribution in [1.82, 2.24) is 5.32 Å². The molecule has 2 atom stereocenters. The summed E-state index contributed by atoms with van der Waals surface area (Å²) >= 11 is 0. The summed E-state index contributed by atoms with van der Waals surface area (Å²) < 4.78 is 24.0. The van der Waals surface area contributed by atoms with E-state index in [0.29, 0.717) is 11.3 Å². The van der Waals surface area contributed by atoms with E-state index in [1.807, 2.05) is 13.0 Å². The molecule has 0 saturated heterocycles. The lowest BCUT2D eigenvalue weighted by Crippen LogP contribution is -2.32. The number of aryl methyl sites for hydroxylation is 1. The predicted octanol–water partition coefficient (Wildman–Crippen LogP) is 2.91. The molecule has 0 radical (unpaired) electrons. The molecule has 5 nitrogen and oxygen atoms in total. The standard InChI is InChI=1S/C18H22FNO4/c1-3-14-7-8-17(24-14)15(11-23-2)20-18(22)10-16(21)12-5-4-6-13(19)9-12/h4-9,15-16,21H,3,10-11H2,1-2H3,(H,20,22). The second-order valence-electron chi connectivity index (χ2n) is 5.51. The van der Waals surface area contributed by atoms with E-state index in [1.165, 1.54) is 25.3 Å². The summed E-state index contributed by atoms with van der Waals surface area (Å²) in [5.74, 6) is 0.595. The minimum atomic E-state index is -1.08. The van der Waals surface area contributed by atoms with Gasteiger partial charge in [-0.25, -0.2) is 4.39 Å². The molecule has 1 aromatic carbocycles. The van der Waals surface area contributed by atoms with Crippen LogP contribution < -0.4 is 5.32 Å². The van der Waals surface area contributed by atoms with Gasteiger partial charge in [0.1, 0.15) is 23.4 Å². The smallest absolute Gasteiger partial charge is 0.223 e. The Morgan fingerprint density at radius 3 is 2.79 bits per heavy atom. The molecule has 0 aliphatic carbocycles. The maximum Gasteiger partial charge on any atom is 0.223 e. The summed E-state index contributed by atoms with van der Waals surface area (Å²) in [6, 6.07) is 8.78. The van der Waals surface area contributed by atoms with Gasteiger partial charge in [0.05, 0.1) is 19.1 Å². The maximum absolute atomic E-state index is 13.2. The number of hydrogen-bond donors (Lipinski definition) is 2. The predicted molar refractivity (Wildman–Crippen MR) is 86.8 cm³/mol. The normalized spacial score (nSPS) is 13.5. The number of aliphatic hydroxyl groups excluding tert-OH is 1. The maximum atomic E-state index is 13.2. The van der Waals surface area contributed by atoms with E-state index in [4.69, 9.17) is 9.15 Å². The third-order valence-corrected chi connectivity index (χ3v) is 3.66. The lowest BCUT2D eigenvalue weighted by molar-refractivity contribution is -0.124. The fraction of sp³-hybridized carbons (Fsp3) is 0.389. The summed E-state index contributed by atoms with van der Waals surface area (Å²) in [4.78, 5) is 12.2. The number of hydrogen-bond acceptors (Lipinski definition) is 4. The Morgan fingerprint density at radius 2 is 2.17 bits per heavy atom. The fourth-order valence-corrected chi connectivity index (χ4v) is 2.39. The molecule has 0 fully saturated rings. The van der Waals surface area contributed by atoms with Crippen LogP contribution in [0.25, 0.3) is 0 Å². The number of benzene rings is 1. The number of furan rings is 1. The zero-order valence-corrected chi connectivity index (χ0v) is 13.8. The van der Waals surface area contributed by atoms with Crippen molar-refractivity contribution >= 4 is 5.91 Å². The molecule has 2 N–H and O–H groups in total. The van der Waals surface area contributed by atoms with Crippen LogP contribution in [-0.4, -0.2) is 24.7 Å². The van der Waals surface area contributed by atoms with Gasteiger partial charge in [0.25, 0.3) is 0 Å². The number of halogens is 1. The Morgan fingerprint density at radius 1 is 1.38 bits per heavy atom. The van der Waals surface area contributed by atoms with Gasteiger partial charge in [0.2, 0.25) is 5.91 Å². The summed E-state index contributed by atoms with van der Waals surface area (Å²) in [6.07, 6.45) is -0.497. The van der Waals surface area contributed by atoms with E-state index >= 15 is 0 Å². The highest BCUT2D eigenvalue weighted by Gasteiger charge is 2.20. The van der Waals surface area contributed by atoms with Crippen molar-refractivity contribution in [3.8, 4) is 0 Å². The van der Waals surface area contributed by atoms with Crippen molar-refractivity contribution in [1.29, 1.82) is 0 Å². The Kier molecular flexibility index (Phi) is 6.52. The molecular weight excluding hydrogens is 313 g/mol.